The van der Waals surface area contributed by atoms with Crippen LogP contribution in [0.25, 0.3) is 0 Å². The molecule has 1 aromatic carbocycles. The van der Waals surface area contributed by atoms with Gasteiger partial charge in [-0.3, -0.25) is 4.79 Å². The summed E-state index contributed by atoms with van der Waals surface area (Å²) in [4.78, 5) is 22.9. The topological polar surface area (TPSA) is 61.8 Å². The molecule has 0 spiro atoms. The fourth-order valence-electron chi connectivity index (χ4n) is 1.70. The summed E-state index contributed by atoms with van der Waals surface area (Å²) >= 11 is 0. The molecule has 106 valence electrons. The summed E-state index contributed by atoms with van der Waals surface area (Å²) in [6, 6.07) is 6.28. The molecule has 0 aliphatic rings. The van der Waals surface area contributed by atoms with Crippen molar-refractivity contribution >= 4 is 11.9 Å². The molecule has 0 aliphatic carbocycles. The lowest BCUT2D eigenvalue weighted by molar-refractivity contribution is -0.158. The highest BCUT2D eigenvalue weighted by molar-refractivity contribution is 5.84. The van der Waals surface area contributed by atoms with E-state index in [1.165, 1.54) is 20.1 Å². The van der Waals surface area contributed by atoms with E-state index in [1.54, 1.807) is 24.3 Å². The number of carbonyl (C=O) groups is 2. The summed E-state index contributed by atoms with van der Waals surface area (Å²) in [5, 5.41) is 0. The monoisotopic (exact) mass is 276 g/mol. The molecule has 1 aromatic rings. The van der Waals surface area contributed by atoms with Crippen LogP contribution >= 0.6 is 0 Å². The quantitative estimate of drug-likeness (QED) is 0.345. The van der Waals surface area contributed by atoms with Crippen LogP contribution in [0.5, 0.6) is 5.75 Å². The first-order valence-corrected chi connectivity index (χ1v) is 5.80. The molecule has 0 bridgehead atoms. The second-order valence-corrected chi connectivity index (χ2v) is 3.83. The number of methoxy groups -OCH3 is 1. The van der Waals surface area contributed by atoms with E-state index in [1.807, 2.05) is 0 Å². The molecule has 0 heterocycles. The van der Waals surface area contributed by atoms with Crippen LogP contribution in [0, 0.1) is 0 Å². The minimum absolute atomic E-state index is 0.368. The van der Waals surface area contributed by atoms with Gasteiger partial charge < -0.3 is 14.2 Å². The third kappa shape index (κ3) is 3.13. The maximum atomic E-state index is 12.0. The van der Waals surface area contributed by atoms with Crippen LogP contribution in [0.4, 0.5) is 0 Å². The van der Waals surface area contributed by atoms with Crippen molar-refractivity contribution in [3.05, 3.63) is 55.3 Å². The van der Waals surface area contributed by atoms with Crippen LogP contribution in [-0.2, 0) is 24.7 Å². The van der Waals surface area contributed by atoms with Crippen molar-refractivity contribution in [3.63, 3.8) is 0 Å². The molecule has 0 aliphatic heterocycles. The number of ether oxygens (including phenoxy) is 3. The number of hydrogen-bond donors (Lipinski definition) is 0. The molecule has 1 rings (SSSR count). The first kappa shape index (κ1) is 15.7. The van der Waals surface area contributed by atoms with E-state index in [2.05, 4.69) is 13.2 Å². The number of rotatable bonds is 6. The molecule has 0 radical (unpaired) electrons. The normalized spacial score (nSPS) is 12.9. The number of carbonyl (C=O) groups excluding carboxylic acids is 2. The minimum Gasteiger partial charge on any atom is -0.432 e. The van der Waals surface area contributed by atoms with Gasteiger partial charge in [0.15, 0.2) is 0 Å². The van der Waals surface area contributed by atoms with Gasteiger partial charge >= 0.3 is 11.9 Å². The van der Waals surface area contributed by atoms with Gasteiger partial charge in [-0.25, -0.2) is 4.79 Å². The van der Waals surface area contributed by atoms with Crippen molar-refractivity contribution in [2.24, 2.45) is 0 Å². The molecule has 0 amide bonds. The number of benzene rings is 1. The lowest BCUT2D eigenvalue weighted by atomic mass is 9.93. The summed E-state index contributed by atoms with van der Waals surface area (Å²) in [6.07, 6.45) is 2.35. The zero-order chi connectivity index (χ0) is 15.2. The van der Waals surface area contributed by atoms with Crippen LogP contribution in [0.15, 0.2) is 49.8 Å². The van der Waals surface area contributed by atoms with Gasteiger partial charge in [-0.15, -0.1) is 0 Å². The molecule has 0 fully saturated rings. The van der Waals surface area contributed by atoms with Gasteiger partial charge in [-0.2, -0.15) is 0 Å². The Balaban J connectivity index is 3.15. The lowest BCUT2D eigenvalue weighted by Gasteiger charge is -2.26. The maximum Gasteiger partial charge on any atom is 0.351 e. The second kappa shape index (κ2) is 6.68. The Morgan fingerprint density at radius 2 is 1.80 bits per heavy atom. The van der Waals surface area contributed by atoms with Crippen molar-refractivity contribution in [1.29, 1.82) is 0 Å². The molecule has 5 nitrogen and oxygen atoms in total. The Labute approximate surface area is 117 Å². The van der Waals surface area contributed by atoms with Gasteiger partial charge in [-0.05, 0) is 23.8 Å². The average molecular weight is 276 g/mol. The van der Waals surface area contributed by atoms with Crippen molar-refractivity contribution in [2.45, 2.75) is 12.5 Å². The first-order chi connectivity index (χ1) is 9.50. The van der Waals surface area contributed by atoms with Gasteiger partial charge in [0.25, 0.3) is 0 Å². The Kier molecular flexibility index (Phi) is 5.23. The summed E-state index contributed by atoms with van der Waals surface area (Å²) in [5.74, 6) is -0.719. The predicted octanol–water partition coefficient (Wildman–Crippen LogP) is 2.33. The van der Waals surface area contributed by atoms with Gasteiger partial charge in [0.2, 0.25) is 5.60 Å². The smallest absolute Gasteiger partial charge is 0.351 e. The van der Waals surface area contributed by atoms with Crippen molar-refractivity contribution in [3.8, 4) is 5.75 Å². The number of esters is 2. The lowest BCUT2D eigenvalue weighted by Crippen LogP contribution is -2.36. The van der Waals surface area contributed by atoms with E-state index in [4.69, 9.17) is 14.2 Å². The summed E-state index contributed by atoms with van der Waals surface area (Å²) in [6.45, 7) is 8.25. The van der Waals surface area contributed by atoms with E-state index in [9.17, 15) is 9.59 Å². The molecule has 0 aromatic heterocycles. The molecule has 0 N–H and O–H groups in total. The summed E-state index contributed by atoms with van der Waals surface area (Å²) in [7, 11) is 1.37. The Morgan fingerprint density at radius 1 is 1.20 bits per heavy atom. The Bertz CT molecular complexity index is 518. The highest BCUT2D eigenvalue weighted by Crippen LogP contribution is 2.29. The minimum atomic E-state index is -1.44. The molecule has 0 saturated carbocycles. The van der Waals surface area contributed by atoms with Crippen LogP contribution in [-0.4, -0.2) is 19.0 Å². The fourth-order valence-corrected chi connectivity index (χ4v) is 1.70. The fraction of sp³-hybridized carbons (Fsp3) is 0.200. The van der Waals surface area contributed by atoms with Crippen molar-refractivity contribution in [1.82, 2.24) is 0 Å². The maximum absolute atomic E-state index is 12.0. The zero-order valence-corrected chi connectivity index (χ0v) is 11.4. The Hall–Kier alpha value is -2.40. The number of hydrogen-bond acceptors (Lipinski definition) is 5. The van der Waals surface area contributed by atoms with E-state index in [0.29, 0.717) is 11.3 Å². The van der Waals surface area contributed by atoms with Crippen molar-refractivity contribution < 1.29 is 23.8 Å². The largest absolute Gasteiger partial charge is 0.432 e. The average Bonchev–Trinajstić information content (AvgIpc) is 2.42. The van der Waals surface area contributed by atoms with Crippen LogP contribution in [0.1, 0.15) is 12.5 Å². The van der Waals surface area contributed by atoms with E-state index >= 15 is 0 Å². The summed E-state index contributed by atoms with van der Waals surface area (Å²) < 4.78 is 15.0. The van der Waals surface area contributed by atoms with E-state index in [0.717, 1.165) is 6.26 Å². The molecule has 0 saturated heterocycles. The molecule has 5 heteroatoms. The van der Waals surface area contributed by atoms with Gasteiger partial charge in [-0.1, -0.05) is 25.3 Å². The predicted molar refractivity (Wildman–Crippen MR) is 72.9 cm³/mol. The second-order valence-electron chi connectivity index (χ2n) is 3.83. The van der Waals surface area contributed by atoms with E-state index in [-0.39, 0.29) is 0 Å². The standard InChI is InChI=1S/C15H16O5/c1-5-15(18-4,14(17)19-6-2)12-7-9-13(10-8-12)20-11(3)16/h5-10H,1-2H2,3-4H3. The molecule has 20 heavy (non-hydrogen) atoms. The molecule has 1 atom stereocenters. The third-order valence-corrected chi connectivity index (χ3v) is 2.65. The summed E-state index contributed by atoms with van der Waals surface area (Å²) in [5.41, 5.74) is -0.944. The van der Waals surface area contributed by atoms with Crippen LogP contribution < -0.4 is 4.74 Å². The van der Waals surface area contributed by atoms with Crippen LogP contribution in [0.2, 0.25) is 0 Å². The van der Waals surface area contributed by atoms with Gasteiger partial charge in [0.05, 0.1) is 6.26 Å². The van der Waals surface area contributed by atoms with Crippen LogP contribution in [0.3, 0.4) is 0 Å². The molecular weight excluding hydrogens is 260 g/mol. The third-order valence-electron chi connectivity index (χ3n) is 2.65. The highest BCUT2D eigenvalue weighted by Gasteiger charge is 2.39. The molecular formula is C15H16O5. The first-order valence-electron chi connectivity index (χ1n) is 5.80. The SMILES string of the molecule is C=COC(=O)C(C=C)(OC)c1ccc(OC(C)=O)cc1. The van der Waals surface area contributed by atoms with Gasteiger partial charge in [0.1, 0.15) is 5.75 Å². The zero-order valence-electron chi connectivity index (χ0n) is 11.4. The van der Waals surface area contributed by atoms with Crippen molar-refractivity contribution in [2.75, 3.05) is 7.11 Å². The molecule has 1 unspecified atom stereocenters. The highest BCUT2D eigenvalue weighted by atomic mass is 16.6. The Morgan fingerprint density at radius 3 is 2.20 bits per heavy atom. The van der Waals surface area contributed by atoms with Gasteiger partial charge in [0, 0.05) is 14.0 Å². The van der Waals surface area contributed by atoms with E-state index < -0.39 is 17.5 Å².